The molecule has 1 heterocycles. The van der Waals surface area contributed by atoms with Crippen LogP contribution in [0.25, 0.3) is 0 Å². The van der Waals surface area contributed by atoms with E-state index >= 15 is 0 Å². The van der Waals surface area contributed by atoms with Gasteiger partial charge in [-0.2, -0.15) is 0 Å². The van der Waals surface area contributed by atoms with E-state index in [9.17, 15) is 9.18 Å². The Labute approximate surface area is 110 Å². The zero-order valence-corrected chi connectivity index (χ0v) is 10.8. The first-order valence-electron chi connectivity index (χ1n) is 5.88. The average Bonchev–Trinajstić information content (AvgIpc) is 2.41. The molecule has 0 aliphatic carbocycles. The molecule has 98 valence electrons. The predicted octanol–water partition coefficient (Wildman–Crippen LogP) is 2.69. The van der Waals surface area contributed by atoms with Crippen LogP contribution in [0.5, 0.6) is 0 Å². The number of esters is 1. The normalized spacial score (nSPS) is 23.7. The molecule has 0 saturated carbocycles. The SMILES string of the molecule is COC(=O)C1CCNC(c2ccc(Cl)c(F)c2)C1. The summed E-state index contributed by atoms with van der Waals surface area (Å²) >= 11 is 5.65. The van der Waals surface area contributed by atoms with Crippen molar-refractivity contribution in [3.05, 3.63) is 34.6 Å². The van der Waals surface area contributed by atoms with Crippen LogP contribution in [0.15, 0.2) is 18.2 Å². The lowest BCUT2D eigenvalue weighted by atomic mass is 9.89. The molecule has 0 aromatic heterocycles. The van der Waals surface area contributed by atoms with Gasteiger partial charge in [-0.05, 0) is 37.1 Å². The molecule has 18 heavy (non-hydrogen) atoms. The van der Waals surface area contributed by atoms with Gasteiger partial charge in [0, 0.05) is 6.04 Å². The minimum Gasteiger partial charge on any atom is -0.469 e. The Kier molecular flexibility index (Phi) is 4.19. The standard InChI is InChI=1S/C13H15ClFNO2/c1-18-13(17)9-4-5-16-12(7-9)8-2-3-10(14)11(15)6-8/h2-3,6,9,12,16H,4-5,7H2,1H3. The molecule has 1 fully saturated rings. The highest BCUT2D eigenvalue weighted by atomic mass is 35.5. The van der Waals surface area contributed by atoms with E-state index in [1.165, 1.54) is 19.2 Å². The van der Waals surface area contributed by atoms with E-state index in [0.717, 1.165) is 12.0 Å². The Morgan fingerprint density at radius 1 is 1.56 bits per heavy atom. The van der Waals surface area contributed by atoms with Crippen LogP contribution in [0.1, 0.15) is 24.4 Å². The first-order chi connectivity index (χ1) is 8.61. The zero-order valence-electron chi connectivity index (χ0n) is 10.1. The van der Waals surface area contributed by atoms with E-state index in [1.54, 1.807) is 6.07 Å². The molecule has 1 aliphatic heterocycles. The molecule has 5 heteroatoms. The van der Waals surface area contributed by atoms with Crippen LogP contribution in [0.2, 0.25) is 5.02 Å². The van der Waals surface area contributed by atoms with Gasteiger partial charge < -0.3 is 10.1 Å². The Balaban J connectivity index is 2.13. The van der Waals surface area contributed by atoms with Crippen LogP contribution in [0.4, 0.5) is 4.39 Å². The summed E-state index contributed by atoms with van der Waals surface area (Å²) in [5.41, 5.74) is 0.811. The molecule has 0 amide bonds. The summed E-state index contributed by atoms with van der Waals surface area (Å²) in [6.07, 6.45) is 1.37. The maximum atomic E-state index is 13.4. The summed E-state index contributed by atoms with van der Waals surface area (Å²) < 4.78 is 18.2. The molecular formula is C13H15ClFNO2. The van der Waals surface area contributed by atoms with Crippen LogP contribution in [0, 0.1) is 11.7 Å². The van der Waals surface area contributed by atoms with Gasteiger partial charge in [0.1, 0.15) is 5.82 Å². The van der Waals surface area contributed by atoms with Crippen LogP contribution >= 0.6 is 11.6 Å². The molecule has 1 N–H and O–H groups in total. The molecule has 2 rings (SSSR count). The smallest absolute Gasteiger partial charge is 0.308 e. The van der Waals surface area contributed by atoms with Crippen molar-refractivity contribution >= 4 is 17.6 Å². The zero-order chi connectivity index (χ0) is 13.1. The molecular weight excluding hydrogens is 257 g/mol. The topological polar surface area (TPSA) is 38.3 Å². The number of methoxy groups -OCH3 is 1. The number of hydrogen-bond donors (Lipinski definition) is 1. The van der Waals surface area contributed by atoms with Crippen LogP contribution in [-0.4, -0.2) is 19.6 Å². The molecule has 1 aromatic rings. The van der Waals surface area contributed by atoms with Gasteiger partial charge in [0.05, 0.1) is 18.1 Å². The van der Waals surface area contributed by atoms with Gasteiger partial charge >= 0.3 is 5.97 Å². The highest BCUT2D eigenvalue weighted by Crippen LogP contribution is 2.29. The Bertz CT molecular complexity index is 453. The number of benzene rings is 1. The highest BCUT2D eigenvalue weighted by molar-refractivity contribution is 6.30. The van der Waals surface area contributed by atoms with Crippen LogP contribution in [-0.2, 0) is 9.53 Å². The summed E-state index contributed by atoms with van der Waals surface area (Å²) in [5.74, 6) is -0.757. The van der Waals surface area contributed by atoms with Crippen molar-refractivity contribution in [3.8, 4) is 0 Å². The van der Waals surface area contributed by atoms with Crippen molar-refractivity contribution in [2.75, 3.05) is 13.7 Å². The molecule has 0 radical (unpaired) electrons. The Morgan fingerprint density at radius 3 is 3.00 bits per heavy atom. The number of carbonyl (C=O) groups is 1. The van der Waals surface area contributed by atoms with Crippen LogP contribution < -0.4 is 5.32 Å². The fourth-order valence-corrected chi connectivity index (χ4v) is 2.40. The number of halogens is 2. The van der Waals surface area contributed by atoms with Crippen molar-refractivity contribution in [1.29, 1.82) is 0 Å². The second-order valence-electron chi connectivity index (χ2n) is 4.42. The lowest BCUT2D eigenvalue weighted by Crippen LogP contribution is -2.35. The van der Waals surface area contributed by atoms with Gasteiger partial charge in [-0.25, -0.2) is 4.39 Å². The molecule has 0 spiro atoms. The van der Waals surface area contributed by atoms with Crippen molar-refractivity contribution < 1.29 is 13.9 Å². The van der Waals surface area contributed by atoms with Gasteiger partial charge in [0.2, 0.25) is 0 Å². The summed E-state index contributed by atoms with van der Waals surface area (Å²) in [7, 11) is 1.39. The molecule has 2 atom stereocenters. The Morgan fingerprint density at radius 2 is 2.33 bits per heavy atom. The van der Waals surface area contributed by atoms with Gasteiger partial charge in [-0.3, -0.25) is 4.79 Å². The molecule has 1 aliphatic rings. The van der Waals surface area contributed by atoms with Crippen molar-refractivity contribution in [2.45, 2.75) is 18.9 Å². The van der Waals surface area contributed by atoms with Crippen molar-refractivity contribution in [1.82, 2.24) is 5.32 Å². The van der Waals surface area contributed by atoms with E-state index in [4.69, 9.17) is 16.3 Å². The minimum absolute atomic E-state index is 0.0328. The van der Waals surface area contributed by atoms with E-state index in [-0.39, 0.29) is 23.0 Å². The third kappa shape index (κ3) is 2.82. The maximum absolute atomic E-state index is 13.4. The van der Waals surface area contributed by atoms with Gasteiger partial charge in [-0.15, -0.1) is 0 Å². The number of ether oxygens (including phenoxy) is 1. The second-order valence-corrected chi connectivity index (χ2v) is 4.83. The summed E-state index contributed by atoms with van der Waals surface area (Å²) in [6.45, 7) is 0.717. The van der Waals surface area contributed by atoms with Crippen LogP contribution in [0.3, 0.4) is 0 Å². The number of carbonyl (C=O) groups excluding carboxylic acids is 1. The third-order valence-corrected chi connectivity index (χ3v) is 3.59. The van der Waals surface area contributed by atoms with Gasteiger partial charge in [0.25, 0.3) is 0 Å². The summed E-state index contributed by atoms with van der Waals surface area (Å²) in [6, 6.07) is 4.70. The average molecular weight is 272 g/mol. The van der Waals surface area contributed by atoms with Gasteiger partial charge in [-0.1, -0.05) is 17.7 Å². The number of nitrogens with one attached hydrogen (secondary N) is 1. The fraction of sp³-hybridized carbons (Fsp3) is 0.462. The second kappa shape index (κ2) is 5.67. The van der Waals surface area contributed by atoms with E-state index in [0.29, 0.717) is 13.0 Å². The van der Waals surface area contributed by atoms with Crippen molar-refractivity contribution in [2.24, 2.45) is 5.92 Å². The molecule has 3 nitrogen and oxygen atoms in total. The van der Waals surface area contributed by atoms with Crippen molar-refractivity contribution in [3.63, 3.8) is 0 Å². The molecule has 1 aromatic carbocycles. The quantitative estimate of drug-likeness (QED) is 0.841. The predicted molar refractivity (Wildman–Crippen MR) is 66.9 cm³/mol. The first-order valence-corrected chi connectivity index (χ1v) is 6.25. The minimum atomic E-state index is -0.434. The number of piperidine rings is 1. The number of hydrogen-bond acceptors (Lipinski definition) is 3. The van der Waals surface area contributed by atoms with Gasteiger partial charge in [0.15, 0.2) is 0 Å². The molecule has 0 bridgehead atoms. The highest BCUT2D eigenvalue weighted by Gasteiger charge is 2.28. The lowest BCUT2D eigenvalue weighted by molar-refractivity contribution is -0.146. The Hall–Kier alpha value is -1.13. The first kappa shape index (κ1) is 13.3. The third-order valence-electron chi connectivity index (χ3n) is 3.28. The van der Waals surface area contributed by atoms with E-state index in [2.05, 4.69) is 5.32 Å². The monoisotopic (exact) mass is 271 g/mol. The molecule has 1 saturated heterocycles. The molecule has 2 unspecified atom stereocenters. The van der Waals surface area contributed by atoms with E-state index < -0.39 is 5.82 Å². The summed E-state index contributed by atoms with van der Waals surface area (Å²) in [4.78, 5) is 11.5. The van der Waals surface area contributed by atoms with E-state index in [1.807, 2.05) is 0 Å². The summed E-state index contributed by atoms with van der Waals surface area (Å²) in [5, 5.41) is 3.38. The largest absolute Gasteiger partial charge is 0.469 e. The lowest BCUT2D eigenvalue weighted by Gasteiger charge is -2.29. The maximum Gasteiger partial charge on any atom is 0.308 e. The number of rotatable bonds is 2. The fourth-order valence-electron chi connectivity index (χ4n) is 2.28.